The molecule has 2 aliphatic rings. The molecule has 61 heavy (non-hydrogen) atoms. The van der Waals surface area contributed by atoms with E-state index in [0.717, 1.165) is 37.9 Å². The standard InChI is InChI=1S/C41H43ClN12O6S/c1-23-24(2)61-41-35(23)37(26-7-9-28(42)10-8-26)46-31(38-50-48-25(3)53(38)41)19-34(56)44-21-29-22-52(51-49-29)14-16-60-18-17-59-15-13-43-30-6-4-5-27-20-45-54(40(58)36(27)30)32-11-12-33(55)47-39(32)57/h4-10,20,22,31-32,43H,11-19,21H2,1-3H3,(H,44,56)(H,47,55,57)/t31-,32?/m0/s1. The molecule has 2 aromatic carbocycles. The van der Waals surface area contributed by atoms with E-state index in [0.29, 0.717) is 72.5 Å². The molecule has 0 radical (unpaired) electrons. The van der Waals surface area contributed by atoms with Gasteiger partial charge >= 0.3 is 0 Å². The van der Waals surface area contributed by atoms with Crippen molar-refractivity contribution in [3.63, 3.8) is 0 Å². The van der Waals surface area contributed by atoms with Gasteiger partial charge in [0, 0.05) is 45.1 Å². The van der Waals surface area contributed by atoms with Gasteiger partial charge in [-0.1, -0.05) is 41.1 Å². The molecule has 2 atom stereocenters. The van der Waals surface area contributed by atoms with Crippen LogP contribution in [0.3, 0.4) is 0 Å². The molecule has 316 valence electrons. The van der Waals surface area contributed by atoms with Crippen molar-refractivity contribution in [3.8, 4) is 5.00 Å². The molecule has 8 rings (SSSR count). The third-order valence-electron chi connectivity index (χ3n) is 10.5. The van der Waals surface area contributed by atoms with Crippen molar-refractivity contribution in [2.45, 2.75) is 65.2 Å². The van der Waals surface area contributed by atoms with E-state index in [1.165, 1.54) is 4.88 Å². The lowest BCUT2D eigenvalue weighted by molar-refractivity contribution is -0.136. The van der Waals surface area contributed by atoms with Gasteiger partial charge in [-0.2, -0.15) is 5.10 Å². The van der Waals surface area contributed by atoms with Gasteiger partial charge in [-0.15, -0.1) is 26.6 Å². The van der Waals surface area contributed by atoms with Gasteiger partial charge in [0.1, 0.15) is 28.6 Å². The van der Waals surface area contributed by atoms with Gasteiger partial charge in [-0.05, 0) is 51.0 Å². The summed E-state index contributed by atoms with van der Waals surface area (Å²) in [6.07, 6.45) is 3.71. The summed E-state index contributed by atoms with van der Waals surface area (Å²) in [5.41, 5.74) is 4.58. The first-order valence-corrected chi connectivity index (χ1v) is 21.0. The molecule has 18 nitrogen and oxygen atoms in total. The molecule has 0 saturated carbocycles. The molecule has 3 N–H and O–H groups in total. The summed E-state index contributed by atoms with van der Waals surface area (Å²) in [6, 6.07) is 11.5. The largest absolute Gasteiger partial charge is 0.382 e. The number of carbonyl (C=O) groups is 3. The average Bonchev–Trinajstić information content (AvgIpc) is 3.92. The van der Waals surface area contributed by atoms with Crippen molar-refractivity contribution in [3.05, 3.63) is 109 Å². The average molecular weight is 867 g/mol. The summed E-state index contributed by atoms with van der Waals surface area (Å²) >= 11 is 7.89. The van der Waals surface area contributed by atoms with Crippen LogP contribution in [0.1, 0.15) is 70.3 Å². The molecule has 6 aromatic rings. The van der Waals surface area contributed by atoms with Gasteiger partial charge in [0.25, 0.3) is 11.5 Å². The van der Waals surface area contributed by atoms with E-state index in [2.05, 4.69) is 55.4 Å². The molecule has 1 saturated heterocycles. The van der Waals surface area contributed by atoms with Gasteiger partial charge in [-0.3, -0.25) is 34.1 Å². The van der Waals surface area contributed by atoms with Crippen molar-refractivity contribution < 1.29 is 23.9 Å². The van der Waals surface area contributed by atoms with E-state index in [-0.39, 0.29) is 37.6 Å². The van der Waals surface area contributed by atoms with Crippen molar-refractivity contribution in [1.82, 2.24) is 50.2 Å². The minimum atomic E-state index is -0.847. The number of carbonyl (C=O) groups excluding carboxylic acids is 3. The lowest BCUT2D eigenvalue weighted by Crippen LogP contribution is -2.45. The maximum atomic E-state index is 13.4. The minimum absolute atomic E-state index is 0.0523. The maximum Gasteiger partial charge on any atom is 0.277 e. The summed E-state index contributed by atoms with van der Waals surface area (Å²) in [7, 11) is 0. The van der Waals surface area contributed by atoms with Crippen LogP contribution in [0.4, 0.5) is 5.69 Å². The summed E-state index contributed by atoms with van der Waals surface area (Å²) in [4.78, 5) is 57.1. The molecule has 0 bridgehead atoms. The zero-order valence-corrected chi connectivity index (χ0v) is 35.3. The predicted molar refractivity (Wildman–Crippen MR) is 227 cm³/mol. The number of hydrogen-bond acceptors (Lipinski definition) is 14. The number of halogens is 1. The SMILES string of the molecule is Cc1sc2c(c1C)C(c1ccc(Cl)cc1)=N[C@@H](CC(=O)NCc1cn(CCOCCOCCNc3cccc4cnn(C5CCC(=O)NC5=O)c(=O)c34)nn1)c1nnc(C)n1-2. The van der Waals surface area contributed by atoms with E-state index in [9.17, 15) is 19.2 Å². The monoisotopic (exact) mass is 866 g/mol. The second kappa shape index (κ2) is 18.2. The highest BCUT2D eigenvalue weighted by molar-refractivity contribution is 7.15. The number of piperidine rings is 1. The highest BCUT2D eigenvalue weighted by Gasteiger charge is 2.33. The van der Waals surface area contributed by atoms with Gasteiger partial charge < -0.3 is 20.1 Å². The number of rotatable bonds is 16. The summed E-state index contributed by atoms with van der Waals surface area (Å²) in [6.45, 7) is 8.58. The predicted octanol–water partition coefficient (Wildman–Crippen LogP) is 3.93. The Morgan fingerprint density at radius 1 is 1.00 bits per heavy atom. The number of ether oxygens (including phenoxy) is 2. The molecule has 1 unspecified atom stereocenters. The second-order valence-corrected chi connectivity index (χ2v) is 16.3. The molecule has 0 aliphatic carbocycles. The van der Waals surface area contributed by atoms with Gasteiger partial charge in [0.05, 0.1) is 69.4 Å². The smallest absolute Gasteiger partial charge is 0.277 e. The van der Waals surface area contributed by atoms with E-state index in [1.807, 2.05) is 41.8 Å². The van der Waals surface area contributed by atoms with Crippen molar-refractivity contribution in [2.75, 3.05) is 38.3 Å². The number of anilines is 1. The Hall–Kier alpha value is -6.15. The number of imide groups is 1. The molecule has 3 amide bonds. The topological polar surface area (TPSA) is 214 Å². The molecule has 20 heteroatoms. The fraction of sp³-hybridized carbons (Fsp3) is 0.366. The number of nitrogens with one attached hydrogen (secondary N) is 3. The minimum Gasteiger partial charge on any atom is -0.382 e. The first kappa shape index (κ1) is 41.6. The normalized spacial score (nSPS) is 16.2. The van der Waals surface area contributed by atoms with Gasteiger partial charge in [0.15, 0.2) is 5.82 Å². The van der Waals surface area contributed by atoms with Crippen LogP contribution in [-0.2, 0) is 36.9 Å². The summed E-state index contributed by atoms with van der Waals surface area (Å²) < 4.78 is 16.3. The Balaban J connectivity index is 0.782. The number of benzene rings is 2. The third-order valence-corrected chi connectivity index (χ3v) is 12.0. The van der Waals surface area contributed by atoms with Crippen LogP contribution in [0.15, 0.2) is 64.6 Å². The maximum absolute atomic E-state index is 13.4. The first-order valence-electron chi connectivity index (χ1n) is 19.8. The number of hydrogen-bond donors (Lipinski definition) is 3. The highest BCUT2D eigenvalue weighted by Crippen LogP contribution is 2.39. The van der Waals surface area contributed by atoms with E-state index < -0.39 is 23.6 Å². The van der Waals surface area contributed by atoms with Crippen molar-refractivity contribution in [2.24, 2.45) is 4.99 Å². The Morgan fingerprint density at radius 3 is 2.61 bits per heavy atom. The molecular formula is C41H43ClN12O6S. The summed E-state index contributed by atoms with van der Waals surface area (Å²) in [5, 5.41) is 32.6. The van der Waals surface area contributed by atoms with Crippen LogP contribution < -0.4 is 21.5 Å². The third kappa shape index (κ3) is 9.00. The fourth-order valence-electron chi connectivity index (χ4n) is 7.33. The van der Waals surface area contributed by atoms with Gasteiger partial charge in [-0.25, -0.2) is 9.36 Å². The fourth-order valence-corrected chi connectivity index (χ4v) is 8.67. The number of amides is 3. The Kier molecular flexibility index (Phi) is 12.4. The van der Waals surface area contributed by atoms with E-state index in [4.69, 9.17) is 26.1 Å². The van der Waals surface area contributed by atoms with E-state index in [1.54, 1.807) is 40.5 Å². The lowest BCUT2D eigenvalue weighted by Gasteiger charge is -2.22. The van der Waals surface area contributed by atoms with Crippen molar-refractivity contribution in [1.29, 1.82) is 0 Å². The highest BCUT2D eigenvalue weighted by atomic mass is 35.5. The molecular weight excluding hydrogens is 824 g/mol. The molecule has 1 fully saturated rings. The molecule has 4 aromatic heterocycles. The Bertz CT molecular complexity index is 2710. The number of aliphatic imine (C=N–C) groups is 1. The van der Waals surface area contributed by atoms with Gasteiger partial charge in [0.2, 0.25) is 11.8 Å². The zero-order chi connectivity index (χ0) is 42.6. The van der Waals surface area contributed by atoms with Crippen LogP contribution in [0, 0.1) is 20.8 Å². The molecule has 2 aliphatic heterocycles. The lowest BCUT2D eigenvalue weighted by atomic mass is 9.99. The number of thiophene rings is 1. The van der Waals surface area contributed by atoms with Crippen LogP contribution in [0.25, 0.3) is 15.8 Å². The zero-order valence-electron chi connectivity index (χ0n) is 33.7. The quantitative estimate of drug-likeness (QED) is 0.0933. The van der Waals surface area contributed by atoms with Crippen molar-refractivity contribution >= 4 is 62.8 Å². The van der Waals surface area contributed by atoms with Crippen LogP contribution >= 0.6 is 22.9 Å². The number of nitrogens with zero attached hydrogens (tertiary/aromatic N) is 9. The number of fused-ring (bicyclic) bond motifs is 4. The van der Waals surface area contributed by atoms with Crippen LogP contribution in [0.2, 0.25) is 5.02 Å². The van der Waals surface area contributed by atoms with Crippen LogP contribution in [-0.4, -0.2) is 95.9 Å². The molecule has 0 spiro atoms. The van der Waals surface area contributed by atoms with E-state index >= 15 is 0 Å². The molecule has 6 heterocycles. The number of aromatic nitrogens is 8. The Labute approximate surface area is 358 Å². The summed E-state index contributed by atoms with van der Waals surface area (Å²) in [5.74, 6) is 0.212. The number of aryl methyl sites for hydroxylation is 2. The van der Waals surface area contributed by atoms with Crippen LogP contribution in [0.5, 0.6) is 0 Å². The first-order chi connectivity index (χ1) is 29.5. The Morgan fingerprint density at radius 2 is 1.80 bits per heavy atom. The second-order valence-electron chi connectivity index (χ2n) is 14.6.